The summed E-state index contributed by atoms with van der Waals surface area (Å²) >= 11 is 0. The molecule has 6 heteroatoms. The molecule has 0 aliphatic heterocycles. The third-order valence-corrected chi connectivity index (χ3v) is 4.14. The van der Waals surface area contributed by atoms with Crippen molar-refractivity contribution in [3.05, 3.63) is 71.3 Å². The highest BCUT2D eigenvalue weighted by Gasteiger charge is 2.14. The summed E-state index contributed by atoms with van der Waals surface area (Å²) in [5, 5.41) is 2.96. The molecule has 2 aromatic rings. The first kappa shape index (κ1) is 20.5. The number of hydrogen-bond acceptors (Lipinski definition) is 4. The summed E-state index contributed by atoms with van der Waals surface area (Å²) in [6.07, 6.45) is 0. The maximum Gasteiger partial charge on any atom is 0.337 e. The van der Waals surface area contributed by atoms with Gasteiger partial charge in [-0.3, -0.25) is 0 Å². The van der Waals surface area contributed by atoms with Crippen LogP contribution in [0, 0.1) is 0 Å². The molecule has 0 aromatic heterocycles. The van der Waals surface area contributed by atoms with Crippen LogP contribution in [0.2, 0.25) is 0 Å². The third-order valence-electron chi connectivity index (χ3n) is 4.14. The second kappa shape index (κ2) is 10.3. The molecule has 0 spiro atoms. The number of likely N-dealkylation sites (N-methyl/N-ethyl adjacent to an activating group) is 1. The molecule has 0 bridgehead atoms. The monoisotopic (exact) mass is 369 g/mol. The third kappa shape index (κ3) is 6.75. The zero-order chi connectivity index (χ0) is 19.6. The van der Waals surface area contributed by atoms with E-state index in [0.717, 1.165) is 17.7 Å². The van der Waals surface area contributed by atoms with Crippen molar-refractivity contribution in [2.75, 3.05) is 34.3 Å². The minimum Gasteiger partial charge on any atom is -0.465 e. The van der Waals surface area contributed by atoms with Crippen molar-refractivity contribution >= 4 is 12.0 Å². The number of amides is 2. The van der Waals surface area contributed by atoms with Crippen molar-refractivity contribution in [3.63, 3.8) is 0 Å². The number of ether oxygens (including phenoxy) is 1. The first-order valence-corrected chi connectivity index (χ1v) is 8.88. The van der Waals surface area contributed by atoms with E-state index in [9.17, 15) is 9.59 Å². The lowest BCUT2D eigenvalue weighted by Gasteiger charge is -2.25. The normalized spacial score (nSPS) is 10.5. The Kier molecular flexibility index (Phi) is 7.82. The Morgan fingerprint density at radius 1 is 0.926 bits per heavy atom. The topological polar surface area (TPSA) is 61.9 Å². The lowest BCUT2D eigenvalue weighted by atomic mass is 10.1. The van der Waals surface area contributed by atoms with Gasteiger partial charge in [-0.2, -0.15) is 0 Å². The average molecular weight is 369 g/mol. The summed E-state index contributed by atoms with van der Waals surface area (Å²) < 4.78 is 4.69. The Balaban J connectivity index is 1.96. The Hall–Kier alpha value is -2.86. The molecule has 144 valence electrons. The molecule has 0 saturated carbocycles. The van der Waals surface area contributed by atoms with Gasteiger partial charge in [-0.25, -0.2) is 9.59 Å². The number of esters is 1. The Morgan fingerprint density at radius 3 is 2.19 bits per heavy atom. The molecule has 6 nitrogen and oxygen atoms in total. The van der Waals surface area contributed by atoms with E-state index >= 15 is 0 Å². The highest BCUT2D eigenvalue weighted by Crippen LogP contribution is 2.08. The fourth-order valence-corrected chi connectivity index (χ4v) is 2.54. The average Bonchev–Trinajstić information content (AvgIpc) is 2.69. The molecule has 0 radical (unpaired) electrons. The molecule has 2 amide bonds. The number of carbonyl (C=O) groups excluding carboxylic acids is 2. The Bertz CT molecular complexity index is 730. The van der Waals surface area contributed by atoms with Crippen LogP contribution >= 0.6 is 0 Å². The van der Waals surface area contributed by atoms with Gasteiger partial charge in [-0.1, -0.05) is 42.5 Å². The molecule has 0 fully saturated rings. The van der Waals surface area contributed by atoms with Gasteiger partial charge < -0.3 is 19.9 Å². The fourth-order valence-electron chi connectivity index (χ4n) is 2.54. The molecule has 0 saturated heterocycles. The van der Waals surface area contributed by atoms with Gasteiger partial charge in [-0.05, 0) is 37.4 Å². The smallest absolute Gasteiger partial charge is 0.337 e. The number of nitrogens with one attached hydrogen (secondary N) is 1. The summed E-state index contributed by atoms with van der Waals surface area (Å²) in [6, 6.07) is 16.8. The Labute approximate surface area is 160 Å². The van der Waals surface area contributed by atoms with Crippen LogP contribution in [-0.4, -0.2) is 56.1 Å². The minimum atomic E-state index is -0.372. The number of nitrogens with zero attached hydrogens (tertiary/aromatic N) is 2. The van der Waals surface area contributed by atoms with Crippen LogP contribution in [0.3, 0.4) is 0 Å². The minimum absolute atomic E-state index is 0.113. The van der Waals surface area contributed by atoms with Crippen LogP contribution in [0.4, 0.5) is 4.79 Å². The number of urea groups is 1. The first-order valence-electron chi connectivity index (χ1n) is 8.88. The van der Waals surface area contributed by atoms with Crippen LogP contribution in [0.25, 0.3) is 0 Å². The molecule has 2 aromatic carbocycles. The number of benzene rings is 2. The molecule has 1 N–H and O–H groups in total. The molecular formula is C21H27N3O3. The van der Waals surface area contributed by atoms with Gasteiger partial charge in [0, 0.05) is 26.2 Å². The van der Waals surface area contributed by atoms with Gasteiger partial charge >= 0.3 is 12.0 Å². The zero-order valence-electron chi connectivity index (χ0n) is 16.1. The second-order valence-electron chi connectivity index (χ2n) is 6.56. The molecular weight excluding hydrogens is 342 g/mol. The van der Waals surface area contributed by atoms with E-state index in [2.05, 4.69) is 15.0 Å². The number of hydrogen-bond donors (Lipinski definition) is 1. The predicted molar refractivity (Wildman–Crippen MR) is 105 cm³/mol. The molecule has 0 aliphatic carbocycles. The van der Waals surface area contributed by atoms with E-state index in [1.807, 2.05) is 56.6 Å². The Morgan fingerprint density at radius 2 is 1.59 bits per heavy atom. The van der Waals surface area contributed by atoms with Crippen LogP contribution in [0.1, 0.15) is 21.5 Å². The largest absolute Gasteiger partial charge is 0.465 e. The number of methoxy groups -OCH3 is 1. The summed E-state index contributed by atoms with van der Waals surface area (Å²) in [4.78, 5) is 28.0. The maximum atomic E-state index is 12.7. The van der Waals surface area contributed by atoms with Crippen molar-refractivity contribution < 1.29 is 14.3 Å². The zero-order valence-corrected chi connectivity index (χ0v) is 16.1. The van der Waals surface area contributed by atoms with Gasteiger partial charge in [-0.15, -0.1) is 0 Å². The van der Waals surface area contributed by atoms with Gasteiger partial charge in [0.05, 0.1) is 12.7 Å². The summed E-state index contributed by atoms with van der Waals surface area (Å²) in [5.74, 6) is -0.372. The van der Waals surface area contributed by atoms with E-state index in [1.54, 1.807) is 17.0 Å². The summed E-state index contributed by atoms with van der Waals surface area (Å²) in [7, 11) is 5.33. The van der Waals surface area contributed by atoms with Crippen LogP contribution < -0.4 is 5.32 Å². The van der Waals surface area contributed by atoms with E-state index in [4.69, 9.17) is 0 Å². The lowest BCUT2D eigenvalue weighted by Crippen LogP contribution is -2.42. The van der Waals surface area contributed by atoms with E-state index in [1.165, 1.54) is 7.11 Å². The van der Waals surface area contributed by atoms with Crippen molar-refractivity contribution in [2.45, 2.75) is 13.1 Å². The summed E-state index contributed by atoms with van der Waals surface area (Å²) in [5.41, 5.74) is 2.50. The van der Waals surface area contributed by atoms with Crippen molar-refractivity contribution in [2.24, 2.45) is 0 Å². The molecule has 0 unspecified atom stereocenters. The molecule has 0 heterocycles. The highest BCUT2D eigenvalue weighted by molar-refractivity contribution is 5.89. The maximum absolute atomic E-state index is 12.7. The van der Waals surface area contributed by atoms with E-state index < -0.39 is 0 Å². The van der Waals surface area contributed by atoms with Crippen molar-refractivity contribution in [3.8, 4) is 0 Å². The van der Waals surface area contributed by atoms with Crippen LogP contribution in [0.15, 0.2) is 54.6 Å². The lowest BCUT2D eigenvalue weighted by molar-refractivity contribution is 0.0600. The quantitative estimate of drug-likeness (QED) is 0.727. The predicted octanol–water partition coefficient (Wildman–Crippen LogP) is 2.75. The second-order valence-corrected chi connectivity index (χ2v) is 6.56. The summed E-state index contributed by atoms with van der Waals surface area (Å²) in [6.45, 7) is 2.37. The molecule has 27 heavy (non-hydrogen) atoms. The van der Waals surface area contributed by atoms with Crippen molar-refractivity contribution in [1.29, 1.82) is 0 Å². The SMILES string of the molecule is COC(=O)c1ccc(CNC(=O)N(CCN(C)C)Cc2ccccc2)cc1. The first-order chi connectivity index (χ1) is 13.0. The molecule has 2 rings (SSSR count). The van der Waals surface area contributed by atoms with Gasteiger partial charge in [0.25, 0.3) is 0 Å². The van der Waals surface area contributed by atoms with Gasteiger partial charge in [0.15, 0.2) is 0 Å². The van der Waals surface area contributed by atoms with Crippen LogP contribution in [0.5, 0.6) is 0 Å². The van der Waals surface area contributed by atoms with Gasteiger partial charge in [0.2, 0.25) is 0 Å². The van der Waals surface area contributed by atoms with Crippen molar-refractivity contribution in [1.82, 2.24) is 15.1 Å². The fraction of sp³-hybridized carbons (Fsp3) is 0.333. The highest BCUT2D eigenvalue weighted by atomic mass is 16.5. The number of rotatable bonds is 8. The molecule has 0 aliphatic rings. The standard InChI is InChI=1S/C21H27N3O3/c1-23(2)13-14-24(16-18-7-5-4-6-8-18)21(26)22-15-17-9-11-19(12-10-17)20(25)27-3/h4-12H,13-16H2,1-3H3,(H,22,26). The molecule has 0 atom stereocenters. The van der Waals surface area contributed by atoms with E-state index in [-0.39, 0.29) is 12.0 Å². The van der Waals surface area contributed by atoms with E-state index in [0.29, 0.717) is 25.2 Å². The number of carbonyl (C=O) groups is 2. The van der Waals surface area contributed by atoms with Crippen LogP contribution in [-0.2, 0) is 17.8 Å². The van der Waals surface area contributed by atoms with Gasteiger partial charge in [0.1, 0.15) is 0 Å².